The van der Waals surface area contributed by atoms with E-state index in [2.05, 4.69) is 37.8 Å². The smallest absolute Gasteiger partial charge is 0.406 e. The predicted molar refractivity (Wildman–Crippen MR) is 107 cm³/mol. The lowest BCUT2D eigenvalue weighted by Crippen LogP contribution is -2.42. The second kappa shape index (κ2) is 9.94. The Morgan fingerprint density at radius 2 is 1.80 bits per heavy atom. The van der Waals surface area contributed by atoms with Crippen molar-refractivity contribution in [2.24, 2.45) is 0 Å². The molecule has 2 amide bonds. The molecule has 1 aliphatic rings. The minimum atomic E-state index is -4.79. The number of halogens is 3. The van der Waals surface area contributed by atoms with Crippen LogP contribution in [0.25, 0.3) is 0 Å². The SMILES string of the molecule is O=C(NCCN1CCC(c2cccs2)CC1)C(=O)Nc1ccc(OC(F)(F)F)cc1. The molecule has 0 bridgehead atoms. The van der Waals surface area contributed by atoms with Gasteiger partial charge in [0.1, 0.15) is 5.75 Å². The number of rotatable bonds is 6. The van der Waals surface area contributed by atoms with Crippen molar-refractivity contribution in [2.45, 2.75) is 25.1 Å². The van der Waals surface area contributed by atoms with Crippen LogP contribution in [-0.4, -0.2) is 49.3 Å². The molecule has 162 valence electrons. The summed E-state index contributed by atoms with van der Waals surface area (Å²) >= 11 is 1.78. The molecular formula is C20H22F3N3O3S. The molecule has 1 aromatic heterocycles. The van der Waals surface area contributed by atoms with Crippen molar-refractivity contribution in [1.29, 1.82) is 0 Å². The van der Waals surface area contributed by atoms with Gasteiger partial charge in [0.05, 0.1) is 0 Å². The van der Waals surface area contributed by atoms with Crippen LogP contribution in [0.5, 0.6) is 5.75 Å². The molecular weight excluding hydrogens is 419 g/mol. The molecule has 2 aromatic rings. The summed E-state index contributed by atoms with van der Waals surface area (Å²) in [7, 11) is 0. The fourth-order valence-electron chi connectivity index (χ4n) is 3.30. The normalized spacial score (nSPS) is 15.6. The molecule has 0 saturated carbocycles. The van der Waals surface area contributed by atoms with E-state index < -0.39 is 23.9 Å². The number of alkyl halides is 3. The highest BCUT2D eigenvalue weighted by Crippen LogP contribution is 2.30. The van der Waals surface area contributed by atoms with Gasteiger partial charge in [0, 0.05) is 23.7 Å². The third kappa shape index (κ3) is 6.74. The summed E-state index contributed by atoms with van der Waals surface area (Å²) in [6.07, 6.45) is -2.64. The van der Waals surface area contributed by atoms with E-state index in [0.29, 0.717) is 19.0 Å². The zero-order valence-corrected chi connectivity index (χ0v) is 16.9. The van der Waals surface area contributed by atoms with Crippen LogP contribution in [0.4, 0.5) is 18.9 Å². The van der Waals surface area contributed by atoms with Crippen LogP contribution in [0.2, 0.25) is 0 Å². The van der Waals surface area contributed by atoms with Gasteiger partial charge in [0.25, 0.3) is 0 Å². The maximum atomic E-state index is 12.1. The first-order valence-electron chi connectivity index (χ1n) is 9.51. The summed E-state index contributed by atoms with van der Waals surface area (Å²) < 4.78 is 40.2. The van der Waals surface area contributed by atoms with Crippen molar-refractivity contribution in [3.05, 3.63) is 46.7 Å². The van der Waals surface area contributed by atoms with Gasteiger partial charge in [0.15, 0.2) is 0 Å². The lowest BCUT2D eigenvalue weighted by Gasteiger charge is -2.31. The van der Waals surface area contributed by atoms with Crippen LogP contribution in [0.1, 0.15) is 23.6 Å². The Morgan fingerprint density at radius 1 is 1.10 bits per heavy atom. The highest BCUT2D eigenvalue weighted by molar-refractivity contribution is 7.10. The van der Waals surface area contributed by atoms with Gasteiger partial charge in [-0.1, -0.05) is 6.07 Å². The van der Waals surface area contributed by atoms with E-state index in [1.807, 2.05) is 0 Å². The van der Waals surface area contributed by atoms with Crippen LogP contribution in [-0.2, 0) is 9.59 Å². The number of anilines is 1. The molecule has 1 aliphatic heterocycles. The third-order valence-corrected chi connectivity index (χ3v) is 5.83. The average molecular weight is 441 g/mol. The van der Waals surface area contributed by atoms with E-state index in [-0.39, 0.29) is 5.69 Å². The standard InChI is InChI=1S/C20H22F3N3O3S/c21-20(22,23)29-16-5-3-15(4-6-16)25-19(28)18(27)24-9-12-26-10-7-14(8-11-26)17-2-1-13-30-17/h1-6,13-14H,7-12H2,(H,24,27)(H,25,28). The van der Waals surface area contributed by atoms with Gasteiger partial charge in [-0.25, -0.2) is 0 Å². The van der Waals surface area contributed by atoms with E-state index in [1.54, 1.807) is 11.3 Å². The minimum Gasteiger partial charge on any atom is -0.406 e. The number of nitrogens with zero attached hydrogens (tertiary/aromatic N) is 1. The Morgan fingerprint density at radius 3 is 2.40 bits per heavy atom. The molecule has 1 aromatic carbocycles. The first-order chi connectivity index (χ1) is 14.3. The number of carbonyl (C=O) groups excluding carboxylic acids is 2. The second-order valence-corrected chi connectivity index (χ2v) is 7.89. The largest absolute Gasteiger partial charge is 0.573 e. The molecule has 0 atom stereocenters. The fraction of sp³-hybridized carbons (Fsp3) is 0.400. The number of carbonyl (C=O) groups is 2. The summed E-state index contributed by atoms with van der Waals surface area (Å²) in [5.74, 6) is -1.49. The van der Waals surface area contributed by atoms with Crippen molar-refractivity contribution < 1.29 is 27.5 Å². The van der Waals surface area contributed by atoms with Gasteiger partial charge >= 0.3 is 18.2 Å². The number of hydrogen-bond acceptors (Lipinski definition) is 5. The summed E-state index contributed by atoms with van der Waals surface area (Å²) in [5.41, 5.74) is 0.195. The first kappa shape index (κ1) is 22.1. The molecule has 0 radical (unpaired) electrons. The van der Waals surface area contributed by atoms with Crippen molar-refractivity contribution in [3.8, 4) is 5.75 Å². The maximum Gasteiger partial charge on any atom is 0.573 e. The summed E-state index contributed by atoms with van der Waals surface area (Å²) in [5, 5.41) is 7.00. The molecule has 10 heteroatoms. The lowest BCUT2D eigenvalue weighted by atomic mass is 9.95. The third-order valence-electron chi connectivity index (χ3n) is 4.80. The Kier molecular flexibility index (Phi) is 7.33. The van der Waals surface area contributed by atoms with Gasteiger partial charge in [0.2, 0.25) is 0 Å². The van der Waals surface area contributed by atoms with Crippen molar-refractivity contribution in [1.82, 2.24) is 10.2 Å². The molecule has 0 unspecified atom stereocenters. The van der Waals surface area contributed by atoms with Crippen LogP contribution in [0.3, 0.4) is 0 Å². The molecule has 3 rings (SSSR count). The van der Waals surface area contributed by atoms with E-state index >= 15 is 0 Å². The molecule has 0 spiro atoms. The Labute approximate surface area is 176 Å². The van der Waals surface area contributed by atoms with E-state index in [4.69, 9.17) is 0 Å². The topological polar surface area (TPSA) is 70.7 Å². The minimum absolute atomic E-state index is 0.195. The number of nitrogens with one attached hydrogen (secondary N) is 2. The predicted octanol–water partition coefficient (Wildman–Crippen LogP) is 3.58. The number of thiophene rings is 1. The number of piperidine rings is 1. The Balaban J connectivity index is 1.35. The molecule has 1 saturated heterocycles. The molecule has 2 N–H and O–H groups in total. The second-order valence-electron chi connectivity index (χ2n) is 6.91. The lowest BCUT2D eigenvalue weighted by molar-refractivity contribution is -0.274. The van der Waals surface area contributed by atoms with E-state index in [1.165, 1.54) is 17.0 Å². The number of amides is 2. The maximum absolute atomic E-state index is 12.1. The van der Waals surface area contributed by atoms with Crippen LogP contribution >= 0.6 is 11.3 Å². The van der Waals surface area contributed by atoms with E-state index in [0.717, 1.165) is 38.1 Å². The fourth-order valence-corrected chi connectivity index (χ4v) is 4.20. The molecule has 1 fully saturated rings. The van der Waals surface area contributed by atoms with Crippen LogP contribution in [0.15, 0.2) is 41.8 Å². The van der Waals surface area contributed by atoms with Crippen molar-refractivity contribution >= 4 is 28.8 Å². The molecule has 2 heterocycles. The zero-order valence-electron chi connectivity index (χ0n) is 16.1. The monoisotopic (exact) mass is 441 g/mol. The van der Waals surface area contributed by atoms with Gasteiger partial charge in [-0.3, -0.25) is 9.59 Å². The summed E-state index contributed by atoms with van der Waals surface area (Å²) in [6, 6.07) is 8.80. The molecule has 30 heavy (non-hydrogen) atoms. The number of benzene rings is 1. The first-order valence-corrected chi connectivity index (χ1v) is 10.4. The van der Waals surface area contributed by atoms with Crippen molar-refractivity contribution in [3.63, 3.8) is 0 Å². The van der Waals surface area contributed by atoms with Gasteiger partial charge in [-0.15, -0.1) is 24.5 Å². The summed E-state index contributed by atoms with van der Waals surface area (Å²) in [4.78, 5) is 27.5. The van der Waals surface area contributed by atoms with Crippen LogP contribution < -0.4 is 15.4 Å². The quantitative estimate of drug-likeness (QED) is 0.673. The molecule has 6 nitrogen and oxygen atoms in total. The van der Waals surface area contributed by atoms with Crippen LogP contribution in [0, 0.1) is 0 Å². The number of hydrogen-bond donors (Lipinski definition) is 2. The number of likely N-dealkylation sites (tertiary alicyclic amines) is 1. The van der Waals surface area contributed by atoms with Crippen molar-refractivity contribution in [2.75, 3.05) is 31.5 Å². The number of ether oxygens (including phenoxy) is 1. The average Bonchev–Trinajstić information content (AvgIpc) is 3.23. The molecule has 0 aliphatic carbocycles. The van der Waals surface area contributed by atoms with Gasteiger partial charge in [-0.05, 0) is 67.6 Å². The highest BCUT2D eigenvalue weighted by atomic mass is 32.1. The highest BCUT2D eigenvalue weighted by Gasteiger charge is 2.31. The Hall–Kier alpha value is -2.59. The van der Waals surface area contributed by atoms with Gasteiger partial charge < -0.3 is 20.3 Å². The summed E-state index contributed by atoms with van der Waals surface area (Å²) in [6.45, 7) is 2.88. The Bertz CT molecular complexity index is 833. The van der Waals surface area contributed by atoms with E-state index in [9.17, 15) is 22.8 Å². The zero-order chi connectivity index (χ0) is 21.6. The van der Waals surface area contributed by atoms with Gasteiger partial charge in [-0.2, -0.15) is 0 Å².